The Morgan fingerprint density at radius 1 is 0.741 bits per heavy atom. The molecule has 1 heterocycles. The topological polar surface area (TPSA) is 142 Å². The zero-order valence-electron chi connectivity index (χ0n) is 16.4. The van der Waals surface area contributed by atoms with Crippen molar-refractivity contribution in [3.63, 3.8) is 0 Å². The molecule has 1 rings (SSSR count). The van der Waals surface area contributed by atoms with E-state index in [1.807, 2.05) is 0 Å². The Bertz CT molecular complexity index is 365. The molecule has 0 aromatic carbocycles. The second kappa shape index (κ2) is 22.1. The predicted octanol–water partition coefficient (Wildman–Crippen LogP) is 1.89. The molecule has 0 spiro atoms. The van der Waals surface area contributed by atoms with Crippen LogP contribution in [-0.2, 0) is 14.4 Å². The monoisotopic (exact) mass is 387 g/mol. The lowest BCUT2D eigenvalue weighted by molar-refractivity contribution is -0.138. The van der Waals surface area contributed by atoms with Crippen molar-refractivity contribution < 1.29 is 24.6 Å². The third-order valence-corrected chi connectivity index (χ3v) is 3.69. The van der Waals surface area contributed by atoms with Crippen LogP contribution >= 0.6 is 0 Å². The first-order valence-corrected chi connectivity index (χ1v) is 9.67. The molecule has 6 N–H and O–H groups in total. The molecule has 0 atom stereocenters. The van der Waals surface area contributed by atoms with Gasteiger partial charge in [0.1, 0.15) is 0 Å². The zero-order valence-corrected chi connectivity index (χ0v) is 16.4. The van der Waals surface area contributed by atoms with Gasteiger partial charge in [0, 0.05) is 39.0 Å². The van der Waals surface area contributed by atoms with Crippen LogP contribution in [0.1, 0.15) is 64.2 Å². The summed E-state index contributed by atoms with van der Waals surface area (Å²) >= 11 is 0. The molecular formula is C19H37N3O5. The SMILES string of the molecule is C1CNCCN1.C=CC(N)=O.O=C(O)CCCCCCCCCCC(=O)O. The number of carboxylic acids is 2. The third-order valence-electron chi connectivity index (χ3n) is 3.69. The fourth-order valence-electron chi connectivity index (χ4n) is 2.22. The minimum Gasteiger partial charge on any atom is -0.481 e. The van der Waals surface area contributed by atoms with Gasteiger partial charge < -0.3 is 26.6 Å². The summed E-state index contributed by atoms with van der Waals surface area (Å²) in [5.41, 5.74) is 4.53. The number of primary amides is 1. The molecule has 0 unspecified atom stereocenters. The summed E-state index contributed by atoms with van der Waals surface area (Å²) < 4.78 is 0. The number of rotatable bonds is 12. The Labute approximate surface area is 162 Å². The number of aliphatic carboxylic acids is 2. The van der Waals surface area contributed by atoms with Gasteiger partial charge in [-0.2, -0.15) is 0 Å². The van der Waals surface area contributed by atoms with Crippen LogP contribution in [0, 0.1) is 0 Å². The van der Waals surface area contributed by atoms with Gasteiger partial charge in [0.15, 0.2) is 0 Å². The second-order valence-corrected chi connectivity index (χ2v) is 6.22. The summed E-state index contributed by atoms with van der Waals surface area (Å²) in [4.78, 5) is 29.9. The van der Waals surface area contributed by atoms with E-state index in [0.29, 0.717) is 0 Å². The maximum atomic E-state index is 10.2. The molecule has 0 radical (unpaired) electrons. The number of nitrogens with two attached hydrogens (primary N) is 1. The highest BCUT2D eigenvalue weighted by molar-refractivity contribution is 5.84. The number of nitrogens with one attached hydrogen (secondary N) is 2. The highest BCUT2D eigenvalue weighted by Crippen LogP contribution is 2.10. The van der Waals surface area contributed by atoms with E-state index < -0.39 is 17.8 Å². The van der Waals surface area contributed by atoms with E-state index in [1.54, 1.807) is 0 Å². The van der Waals surface area contributed by atoms with Crippen molar-refractivity contribution in [1.29, 1.82) is 0 Å². The van der Waals surface area contributed by atoms with Crippen LogP contribution in [0.15, 0.2) is 12.7 Å². The fraction of sp³-hybridized carbons (Fsp3) is 0.737. The summed E-state index contributed by atoms with van der Waals surface area (Å²) in [6.45, 7) is 7.64. The van der Waals surface area contributed by atoms with Gasteiger partial charge in [0.05, 0.1) is 0 Å². The molecule has 0 aromatic heterocycles. The summed E-state index contributed by atoms with van der Waals surface area (Å²) in [5, 5.41) is 23.3. The van der Waals surface area contributed by atoms with Gasteiger partial charge in [0.2, 0.25) is 5.91 Å². The van der Waals surface area contributed by atoms with Gasteiger partial charge in [-0.25, -0.2) is 0 Å². The molecule has 0 bridgehead atoms. The molecule has 1 aliphatic rings. The molecule has 1 fully saturated rings. The Hall–Kier alpha value is -1.93. The summed E-state index contributed by atoms with van der Waals surface area (Å²) in [6.07, 6.45) is 9.57. The molecule has 0 saturated carbocycles. The van der Waals surface area contributed by atoms with Gasteiger partial charge in [-0.3, -0.25) is 14.4 Å². The van der Waals surface area contributed by atoms with Crippen LogP contribution < -0.4 is 16.4 Å². The molecule has 8 nitrogen and oxygen atoms in total. The highest BCUT2D eigenvalue weighted by atomic mass is 16.4. The quantitative estimate of drug-likeness (QED) is 0.254. The Balaban J connectivity index is 0. The molecule has 27 heavy (non-hydrogen) atoms. The molecular weight excluding hydrogens is 350 g/mol. The number of piperazine rings is 1. The standard InChI is InChI=1S/C12H22O4.C4H10N2.C3H5NO/c13-11(14)9-7-5-3-1-2-4-6-8-10-12(15)16;1-2-6-4-3-5-1;1-2-3(4)5/h1-10H2,(H,13,14)(H,15,16);5-6H,1-4H2;2H,1H2,(H2,4,5). The first kappa shape index (κ1) is 27.3. The lowest BCUT2D eigenvalue weighted by Crippen LogP contribution is -2.39. The molecule has 0 aromatic rings. The lowest BCUT2D eigenvalue weighted by atomic mass is 10.1. The zero-order chi connectivity index (χ0) is 20.8. The number of carbonyl (C=O) groups excluding carboxylic acids is 1. The molecule has 1 saturated heterocycles. The Kier molecular flexibility index (Phi) is 22.3. The first-order chi connectivity index (χ1) is 12.9. The number of unbranched alkanes of at least 4 members (excludes halogenated alkanes) is 7. The van der Waals surface area contributed by atoms with Crippen molar-refractivity contribution in [1.82, 2.24) is 10.6 Å². The predicted molar refractivity (Wildman–Crippen MR) is 107 cm³/mol. The maximum Gasteiger partial charge on any atom is 0.303 e. The molecule has 1 aliphatic heterocycles. The minimum absolute atomic E-state index is 0.276. The van der Waals surface area contributed by atoms with Gasteiger partial charge in [-0.05, 0) is 18.9 Å². The van der Waals surface area contributed by atoms with Crippen molar-refractivity contribution in [2.75, 3.05) is 26.2 Å². The number of carboxylic acid groups (broad SMARTS) is 2. The third kappa shape index (κ3) is 32.2. The molecule has 158 valence electrons. The maximum absolute atomic E-state index is 10.2. The van der Waals surface area contributed by atoms with Crippen LogP contribution in [-0.4, -0.2) is 54.2 Å². The highest BCUT2D eigenvalue weighted by Gasteiger charge is 1.98. The molecule has 0 aliphatic carbocycles. The largest absolute Gasteiger partial charge is 0.481 e. The van der Waals surface area contributed by atoms with Crippen molar-refractivity contribution in [3.8, 4) is 0 Å². The van der Waals surface area contributed by atoms with Crippen molar-refractivity contribution in [3.05, 3.63) is 12.7 Å². The molecule has 8 heteroatoms. The summed E-state index contributed by atoms with van der Waals surface area (Å²) in [6, 6.07) is 0. The number of amides is 1. The van der Waals surface area contributed by atoms with E-state index in [1.165, 1.54) is 0 Å². The Morgan fingerprint density at radius 3 is 1.19 bits per heavy atom. The van der Waals surface area contributed by atoms with Crippen LogP contribution in [0.2, 0.25) is 0 Å². The Morgan fingerprint density at radius 2 is 1.00 bits per heavy atom. The van der Waals surface area contributed by atoms with E-state index in [2.05, 4.69) is 22.9 Å². The average molecular weight is 388 g/mol. The molecule has 1 amide bonds. The van der Waals surface area contributed by atoms with E-state index in [4.69, 9.17) is 10.2 Å². The fourth-order valence-corrected chi connectivity index (χ4v) is 2.22. The van der Waals surface area contributed by atoms with Crippen LogP contribution in [0.4, 0.5) is 0 Å². The van der Waals surface area contributed by atoms with Crippen molar-refractivity contribution in [2.45, 2.75) is 64.2 Å². The van der Waals surface area contributed by atoms with Crippen molar-refractivity contribution in [2.24, 2.45) is 5.73 Å². The van der Waals surface area contributed by atoms with Gasteiger partial charge in [0.25, 0.3) is 0 Å². The van der Waals surface area contributed by atoms with E-state index >= 15 is 0 Å². The van der Waals surface area contributed by atoms with E-state index in [0.717, 1.165) is 83.6 Å². The summed E-state index contributed by atoms with van der Waals surface area (Å²) in [5.74, 6) is -1.91. The minimum atomic E-state index is -0.714. The van der Waals surface area contributed by atoms with Crippen LogP contribution in [0.3, 0.4) is 0 Å². The summed E-state index contributed by atoms with van der Waals surface area (Å²) in [7, 11) is 0. The second-order valence-electron chi connectivity index (χ2n) is 6.22. The van der Waals surface area contributed by atoms with E-state index in [-0.39, 0.29) is 12.8 Å². The van der Waals surface area contributed by atoms with Crippen LogP contribution in [0.25, 0.3) is 0 Å². The van der Waals surface area contributed by atoms with E-state index in [9.17, 15) is 14.4 Å². The number of carbonyl (C=O) groups is 3. The van der Waals surface area contributed by atoms with Crippen molar-refractivity contribution >= 4 is 17.8 Å². The van der Waals surface area contributed by atoms with Crippen LogP contribution in [0.5, 0.6) is 0 Å². The number of hydrogen-bond acceptors (Lipinski definition) is 5. The smallest absolute Gasteiger partial charge is 0.303 e. The lowest BCUT2D eigenvalue weighted by Gasteiger charge is -2.11. The number of hydrogen-bond donors (Lipinski definition) is 5. The average Bonchev–Trinajstić information content (AvgIpc) is 2.65. The van der Waals surface area contributed by atoms with Gasteiger partial charge >= 0.3 is 11.9 Å². The van der Waals surface area contributed by atoms with Gasteiger partial charge in [-0.15, -0.1) is 0 Å². The van der Waals surface area contributed by atoms with Gasteiger partial charge in [-0.1, -0.05) is 45.1 Å². The normalized spacial score (nSPS) is 12.6. The first-order valence-electron chi connectivity index (χ1n) is 9.67.